The average molecular weight is 391 g/mol. The van der Waals surface area contributed by atoms with E-state index in [-0.39, 0.29) is 10.9 Å². The number of nitro groups is 1. The largest absolute Gasteiger partial charge is 0.417 e. The van der Waals surface area contributed by atoms with Crippen LogP contribution in [0.4, 0.5) is 18.9 Å². The van der Waals surface area contributed by atoms with Gasteiger partial charge in [-0.1, -0.05) is 15.9 Å². The van der Waals surface area contributed by atoms with Crippen molar-refractivity contribution in [3.05, 3.63) is 37.8 Å². The van der Waals surface area contributed by atoms with Gasteiger partial charge in [0, 0.05) is 0 Å². The van der Waals surface area contributed by atoms with E-state index in [0.29, 0.717) is 6.07 Å². The highest BCUT2D eigenvalue weighted by Gasteiger charge is 2.38. The lowest BCUT2D eigenvalue weighted by Gasteiger charge is -2.10. The minimum atomic E-state index is -4.74. The fourth-order valence-electron chi connectivity index (χ4n) is 1.26. The van der Waals surface area contributed by atoms with E-state index in [4.69, 9.17) is 0 Å². The predicted octanol–water partition coefficient (Wildman–Crippen LogP) is 3.95. The smallest absolute Gasteiger partial charge is 0.293 e. The first kappa shape index (κ1) is 15.1. The summed E-state index contributed by atoms with van der Waals surface area (Å²) in [6.07, 6.45) is -4.74. The van der Waals surface area contributed by atoms with Crippen LogP contribution in [-0.2, 0) is 6.18 Å². The van der Waals surface area contributed by atoms with E-state index in [0.717, 1.165) is 6.07 Å². The number of alkyl halides is 4. The Morgan fingerprint density at radius 1 is 1.39 bits per heavy atom. The molecule has 0 aromatic heterocycles. The SMILES string of the molecule is O=C(CBr)c1ccc(C(F)(F)F)c(Br)c1[N+](=O)[O-]. The maximum atomic E-state index is 12.6. The zero-order valence-corrected chi connectivity index (χ0v) is 11.6. The summed E-state index contributed by atoms with van der Waals surface area (Å²) >= 11 is 5.34. The lowest BCUT2D eigenvalue weighted by molar-refractivity contribution is -0.386. The maximum Gasteiger partial charge on any atom is 0.417 e. The summed E-state index contributed by atoms with van der Waals surface area (Å²) in [5.41, 5.74) is -2.45. The topological polar surface area (TPSA) is 60.2 Å². The molecule has 0 N–H and O–H groups in total. The van der Waals surface area contributed by atoms with Crippen LogP contribution in [0.1, 0.15) is 15.9 Å². The van der Waals surface area contributed by atoms with Crippen LogP contribution in [0.25, 0.3) is 0 Å². The van der Waals surface area contributed by atoms with E-state index < -0.39 is 32.6 Å². The summed E-state index contributed by atoms with van der Waals surface area (Å²) in [7, 11) is 0. The van der Waals surface area contributed by atoms with Gasteiger partial charge in [0.1, 0.15) is 4.47 Å². The number of rotatable bonds is 3. The number of Topliss-reactive ketones (excluding diaryl/α,β-unsaturated/α-hetero) is 1. The second-order valence-electron chi connectivity index (χ2n) is 3.13. The van der Waals surface area contributed by atoms with Gasteiger partial charge in [0.05, 0.1) is 21.4 Å². The minimum absolute atomic E-state index is 0.217. The van der Waals surface area contributed by atoms with Crippen LogP contribution in [0.15, 0.2) is 16.6 Å². The molecule has 0 amide bonds. The highest BCUT2D eigenvalue weighted by Crippen LogP contribution is 2.41. The quantitative estimate of drug-likeness (QED) is 0.340. The molecule has 0 spiro atoms. The van der Waals surface area contributed by atoms with Crippen LogP contribution >= 0.6 is 31.9 Å². The molecule has 1 rings (SSSR count). The fraction of sp³-hybridized carbons (Fsp3) is 0.222. The highest BCUT2D eigenvalue weighted by molar-refractivity contribution is 9.10. The van der Waals surface area contributed by atoms with Gasteiger partial charge < -0.3 is 0 Å². The van der Waals surface area contributed by atoms with Crippen molar-refractivity contribution in [2.45, 2.75) is 6.18 Å². The van der Waals surface area contributed by atoms with Gasteiger partial charge in [-0.3, -0.25) is 14.9 Å². The summed E-state index contributed by atoms with van der Waals surface area (Å²) in [6, 6.07) is 1.43. The molecule has 1 aromatic carbocycles. The van der Waals surface area contributed by atoms with Crippen LogP contribution in [-0.4, -0.2) is 16.0 Å². The van der Waals surface area contributed by atoms with Gasteiger partial charge >= 0.3 is 6.18 Å². The number of hydrogen-bond donors (Lipinski definition) is 0. The molecule has 0 atom stereocenters. The summed E-state index contributed by atoms with van der Waals surface area (Å²) in [6.45, 7) is 0. The minimum Gasteiger partial charge on any atom is -0.293 e. The third-order valence-corrected chi connectivity index (χ3v) is 3.34. The molecule has 4 nitrogen and oxygen atoms in total. The molecule has 1 aromatic rings. The molecule has 0 bridgehead atoms. The summed E-state index contributed by atoms with van der Waals surface area (Å²) < 4.78 is 36.9. The first-order chi connectivity index (χ1) is 8.20. The van der Waals surface area contributed by atoms with Gasteiger partial charge in [-0.25, -0.2) is 0 Å². The molecule has 0 aliphatic heterocycles. The Morgan fingerprint density at radius 3 is 2.33 bits per heavy atom. The van der Waals surface area contributed by atoms with Crippen LogP contribution < -0.4 is 0 Å². The lowest BCUT2D eigenvalue weighted by atomic mass is 10.1. The molecule has 0 aliphatic rings. The number of carbonyl (C=O) groups is 1. The third-order valence-electron chi connectivity index (χ3n) is 2.03. The van der Waals surface area contributed by atoms with E-state index in [2.05, 4.69) is 31.9 Å². The van der Waals surface area contributed by atoms with Crippen LogP contribution in [0.2, 0.25) is 0 Å². The van der Waals surface area contributed by atoms with Crippen molar-refractivity contribution < 1.29 is 22.9 Å². The van der Waals surface area contributed by atoms with E-state index >= 15 is 0 Å². The van der Waals surface area contributed by atoms with Crippen molar-refractivity contribution in [2.24, 2.45) is 0 Å². The summed E-state index contributed by atoms with van der Waals surface area (Å²) in [5, 5.41) is 10.6. The monoisotopic (exact) mass is 389 g/mol. The molecule has 0 fully saturated rings. The molecule has 9 heteroatoms. The van der Waals surface area contributed by atoms with Crippen molar-refractivity contribution in [2.75, 3.05) is 5.33 Å². The number of benzene rings is 1. The number of hydrogen-bond acceptors (Lipinski definition) is 3. The van der Waals surface area contributed by atoms with Crippen molar-refractivity contribution in [3.8, 4) is 0 Å². The van der Waals surface area contributed by atoms with Crippen LogP contribution in [0.3, 0.4) is 0 Å². The Labute approximate surface area is 116 Å². The van der Waals surface area contributed by atoms with E-state index in [9.17, 15) is 28.1 Å². The Bertz CT molecular complexity index is 517. The first-order valence-corrected chi connectivity index (χ1v) is 6.24. The van der Waals surface area contributed by atoms with Gasteiger partial charge in [0.15, 0.2) is 5.78 Å². The van der Waals surface area contributed by atoms with Gasteiger partial charge in [-0.05, 0) is 28.1 Å². The number of nitro benzene ring substituents is 1. The number of nitrogens with zero attached hydrogens (tertiary/aromatic N) is 1. The fourth-order valence-corrected chi connectivity index (χ4v) is 2.28. The highest BCUT2D eigenvalue weighted by atomic mass is 79.9. The zero-order valence-electron chi connectivity index (χ0n) is 8.42. The van der Waals surface area contributed by atoms with E-state index in [1.54, 1.807) is 0 Å². The second kappa shape index (κ2) is 5.35. The Balaban J connectivity index is 3.58. The van der Waals surface area contributed by atoms with Crippen molar-refractivity contribution in [1.29, 1.82) is 0 Å². The van der Waals surface area contributed by atoms with E-state index in [1.165, 1.54) is 0 Å². The summed E-state index contributed by atoms with van der Waals surface area (Å²) in [4.78, 5) is 21.2. The van der Waals surface area contributed by atoms with Gasteiger partial charge in [0.2, 0.25) is 0 Å². The Morgan fingerprint density at radius 2 is 1.94 bits per heavy atom. The third kappa shape index (κ3) is 2.89. The Hall–Kier alpha value is -0.960. The first-order valence-electron chi connectivity index (χ1n) is 4.33. The molecule has 0 aliphatic carbocycles. The average Bonchev–Trinajstić information content (AvgIpc) is 2.25. The molecule has 0 saturated carbocycles. The van der Waals surface area contributed by atoms with Gasteiger partial charge in [-0.2, -0.15) is 13.2 Å². The molecule has 0 saturated heterocycles. The molecule has 18 heavy (non-hydrogen) atoms. The summed E-state index contributed by atoms with van der Waals surface area (Å²) in [5.74, 6) is -0.670. The molecule has 0 heterocycles. The second-order valence-corrected chi connectivity index (χ2v) is 4.49. The predicted molar refractivity (Wildman–Crippen MR) is 63.9 cm³/mol. The number of ketones is 1. The van der Waals surface area contributed by atoms with E-state index in [1.807, 2.05) is 0 Å². The molecule has 0 unspecified atom stereocenters. The Kier molecular flexibility index (Phi) is 4.49. The van der Waals surface area contributed by atoms with Gasteiger partial charge in [-0.15, -0.1) is 0 Å². The normalized spacial score (nSPS) is 11.4. The van der Waals surface area contributed by atoms with Crippen molar-refractivity contribution >= 4 is 43.3 Å². The number of halogens is 5. The zero-order chi connectivity index (χ0) is 14.1. The number of carbonyl (C=O) groups excluding carboxylic acids is 1. The maximum absolute atomic E-state index is 12.6. The molecular weight excluding hydrogens is 387 g/mol. The lowest BCUT2D eigenvalue weighted by Crippen LogP contribution is -2.11. The molecule has 0 radical (unpaired) electrons. The standard InChI is InChI=1S/C9H4Br2F3NO3/c10-3-6(16)4-1-2-5(9(12,13)14)7(11)8(4)15(17)18/h1-2H,3H2. The molecule has 98 valence electrons. The van der Waals surface area contributed by atoms with Crippen molar-refractivity contribution in [3.63, 3.8) is 0 Å². The van der Waals surface area contributed by atoms with Gasteiger partial charge in [0.25, 0.3) is 5.69 Å². The van der Waals surface area contributed by atoms with Crippen molar-refractivity contribution in [1.82, 2.24) is 0 Å². The van der Waals surface area contributed by atoms with Crippen LogP contribution in [0, 0.1) is 10.1 Å². The molecular formula is C9H4Br2F3NO3. The van der Waals surface area contributed by atoms with Crippen LogP contribution in [0.5, 0.6) is 0 Å².